The van der Waals surface area contributed by atoms with Gasteiger partial charge >= 0.3 is 0 Å². The van der Waals surface area contributed by atoms with Crippen LogP contribution in [0.15, 0.2) is 29.2 Å². The largest absolute Gasteiger partial charge is 0.352 e. The molecule has 0 aliphatic carbocycles. The van der Waals surface area contributed by atoms with Gasteiger partial charge in [-0.15, -0.1) is 0 Å². The Morgan fingerprint density at radius 3 is 2.50 bits per heavy atom. The minimum Gasteiger partial charge on any atom is -0.352 e. The number of hydrogen-bond donors (Lipinski definition) is 1. The van der Waals surface area contributed by atoms with Crippen LogP contribution in [0.1, 0.15) is 24.2 Å². The summed E-state index contributed by atoms with van der Waals surface area (Å²) in [6.45, 7) is 5.76. The molecule has 24 heavy (non-hydrogen) atoms. The van der Waals surface area contributed by atoms with Gasteiger partial charge in [0, 0.05) is 38.3 Å². The molecule has 2 rings (SSSR count). The van der Waals surface area contributed by atoms with Crippen LogP contribution >= 0.6 is 0 Å². The van der Waals surface area contributed by atoms with Gasteiger partial charge in [-0.25, -0.2) is 8.42 Å². The summed E-state index contributed by atoms with van der Waals surface area (Å²) in [7, 11) is -3.67. The number of sulfonamides is 1. The van der Waals surface area contributed by atoms with Crippen molar-refractivity contribution < 1.29 is 18.0 Å². The second-order valence-electron chi connectivity index (χ2n) is 6.18. The Balaban J connectivity index is 2.15. The maximum Gasteiger partial charge on any atom is 0.251 e. The molecule has 1 aromatic rings. The number of carbonyl (C=O) groups excluding carboxylic acids is 2. The Bertz CT molecular complexity index is 695. The predicted octanol–water partition coefficient (Wildman–Crippen LogP) is 0.535. The first kappa shape index (κ1) is 18.4. The van der Waals surface area contributed by atoms with E-state index in [1.165, 1.54) is 16.4 Å². The first-order valence-electron chi connectivity index (χ1n) is 7.92. The smallest absolute Gasteiger partial charge is 0.251 e. The molecule has 8 heteroatoms. The zero-order valence-electron chi connectivity index (χ0n) is 13.9. The van der Waals surface area contributed by atoms with E-state index in [0.29, 0.717) is 31.1 Å². The molecule has 1 aromatic carbocycles. The number of nitrogens with zero attached hydrogens (tertiary/aromatic N) is 2. The quantitative estimate of drug-likeness (QED) is 0.756. The predicted molar refractivity (Wildman–Crippen MR) is 90.0 cm³/mol. The van der Waals surface area contributed by atoms with Gasteiger partial charge in [0.25, 0.3) is 5.91 Å². The van der Waals surface area contributed by atoms with Crippen LogP contribution in [0.4, 0.5) is 0 Å². The second-order valence-corrected chi connectivity index (χ2v) is 8.12. The molecular weight excluding hydrogens is 330 g/mol. The fraction of sp³-hybridized carbons (Fsp3) is 0.500. The van der Waals surface area contributed by atoms with Gasteiger partial charge in [-0.1, -0.05) is 19.9 Å². The zero-order valence-corrected chi connectivity index (χ0v) is 14.8. The van der Waals surface area contributed by atoms with E-state index in [-0.39, 0.29) is 23.9 Å². The number of piperazine rings is 1. The molecule has 1 heterocycles. The summed E-state index contributed by atoms with van der Waals surface area (Å²) >= 11 is 0. The second kappa shape index (κ2) is 7.76. The number of nitrogens with one attached hydrogen (secondary N) is 1. The van der Waals surface area contributed by atoms with E-state index in [0.717, 1.165) is 6.41 Å². The van der Waals surface area contributed by atoms with Crippen LogP contribution in [-0.2, 0) is 14.8 Å². The van der Waals surface area contributed by atoms with Crippen molar-refractivity contribution in [3.05, 3.63) is 29.8 Å². The number of carbonyl (C=O) groups is 2. The van der Waals surface area contributed by atoms with Crippen LogP contribution in [0.3, 0.4) is 0 Å². The monoisotopic (exact) mass is 353 g/mol. The van der Waals surface area contributed by atoms with E-state index in [2.05, 4.69) is 5.32 Å². The number of benzene rings is 1. The Kier molecular flexibility index (Phi) is 5.95. The van der Waals surface area contributed by atoms with Crippen molar-refractivity contribution >= 4 is 22.3 Å². The van der Waals surface area contributed by atoms with Crippen molar-refractivity contribution in [2.24, 2.45) is 5.92 Å². The molecule has 1 aliphatic rings. The standard InChI is InChI=1S/C16H23N3O4S/c1-13(2)11-17-16(21)14-4-3-5-15(10-14)24(22,23)19-8-6-18(12-20)7-9-19/h3-5,10,12-13H,6-9,11H2,1-2H3,(H,17,21). The molecule has 0 unspecified atom stereocenters. The Morgan fingerprint density at radius 1 is 1.25 bits per heavy atom. The topological polar surface area (TPSA) is 86.8 Å². The summed E-state index contributed by atoms with van der Waals surface area (Å²) < 4.78 is 26.8. The summed E-state index contributed by atoms with van der Waals surface area (Å²) in [5, 5.41) is 2.78. The molecule has 1 fully saturated rings. The first-order valence-corrected chi connectivity index (χ1v) is 9.36. The molecule has 0 radical (unpaired) electrons. The fourth-order valence-corrected chi connectivity index (χ4v) is 3.86. The van der Waals surface area contributed by atoms with Crippen LogP contribution < -0.4 is 5.32 Å². The Labute approximate surface area is 142 Å². The van der Waals surface area contributed by atoms with Gasteiger partial charge in [0.15, 0.2) is 0 Å². The molecule has 0 spiro atoms. The lowest BCUT2D eigenvalue weighted by Gasteiger charge is -2.31. The first-order chi connectivity index (χ1) is 11.3. The van der Waals surface area contributed by atoms with E-state index >= 15 is 0 Å². The van der Waals surface area contributed by atoms with Crippen molar-refractivity contribution in [1.82, 2.24) is 14.5 Å². The summed E-state index contributed by atoms with van der Waals surface area (Å²) in [6, 6.07) is 6.05. The highest BCUT2D eigenvalue weighted by Gasteiger charge is 2.28. The van der Waals surface area contributed by atoms with Crippen molar-refractivity contribution in [2.45, 2.75) is 18.7 Å². The van der Waals surface area contributed by atoms with E-state index in [1.807, 2.05) is 13.8 Å². The summed E-state index contributed by atoms with van der Waals surface area (Å²) in [6.07, 6.45) is 0.726. The van der Waals surface area contributed by atoms with E-state index in [1.54, 1.807) is 17.0 Å². The van der Waals surface area contributed by atoms with Crippen molar-refractivity contribution in [1.29, 1.82) is 0 Å². The van der Waals surface area contributed by atoms with Crippen LogP contribution in [0.25, 0.3) is 0 Å². The van der Waals surface area contributed by atoms with Gasteiger partial charge in [-0.2, -0.15) is 4.31 Å². The molecule has 1 saturated heterocycles. The van der Waals surface area contributed by atoms with Gasteiger partial charge in [0.2, 0.25) is 16.4 Å². The van der Waals surface area contributed by atoms with Crippen LogP contribution in [-0.4, -0.2) is 62.7 Å². The average Bonchev–Trinajstić information content (AvgIpc) is 2.59. The van der Waals surface area contributed by atoms with Gasteiger partial charge in [-0.05, 0) is 24.1 Å². The molecule has 0 aromatic heterocycles. The molecule has 1 aliphatic heterocycles. The molecule has 132 valence electrons. The maximum atomic E-state index is 12.7. The zero-order chi connectivity index (χ0) is 17.7. The third-order valence-electron chi connectivity index (χ3n) is 3.83. The third-order valence-corrected chi connectivity index (χ3v) is 5.72. The van der Waals surface area contributed by atoms with E-state index in [9.17, 15) is 18.0 Å². The molecule has 2 amide bonds. The molecule has 7 nitrogen and oxygen atoms in total. The molecular formula is C16H23N3O4S. The van der Waals surface area contributed by atoms with Gasteiger partial charge in [0.1, 0.15) is 0 Å². The normalized spacial score (nSPS) is 16.2. The van der Waals surface area contributed by atoms with Crippen molar-refractivity contribution in [3.63, 3.8) is 0 Å². The minimum absolute atomic E-state index is 0.0965. The van der Waals surface area contributed by atoms with Gasteiger partial charge < -0.3 is 10.2 Å². The van der Waals surface area contributed by atoms with Crippen molar-refractivity contribution in [3.8, 4) is 0 Å². The Hall–Kier alpha value is -1.93. The number of amides is 2. The molecule has 0 bridgehead atoms. The molecule has 0 saturated carbocycles. The summed E-state index contributed by atoms with van der Waals surface area (Å²) in [5.41, 5.74) is 0.322. The van der Waals surface area contributed by atoms with Crippen LogP contribution in [0, 0.1) is 5.92 Å². The highest BCUT2D eigenvalue weighted by Crippen LogP contribution is 2.18. The summed E-state index contributed by atoms with van der Waals surface area (Å²) in [4.78, 5) is 24.5. The molecule has 1 N–H and O–H groups in total. The number of rotatable bonds is 6. The fourth-order valence-electron chi connectivity index (χ4n) is 2.40. The highest BCUT2D eigenvalue weighted by atomic mass is 32.2. The van der Waals surface area contributed by atoms with Crippen LogP contribution in [0.5, 0.6) is 0 Å². The lowest BCUT2D eigenvalue weighted by atomic mass is 10.2. The van der Waals surface area contributed by atoms with Gasteiger partial charge in [-0.3, -0.25) is 9.59 Å². The highest BCUT2D eigenvalue weighted by molar-refractivity contribution is 7.89. The van der Waals surface area contributed by atoms with Gasteiger partial charge in [0.05, 0.1) is 4.90 Å². The Morgan fingerprint density at radius 2 is 1.92 bits per heavy atom. The van der Waals surface area contributed by atoms with Crippen molar-refractivity contribution in [2.75, 3.05) is 32.7 Å². The SMILES string of the molecule is CC(C)CNC(=O)c1cccc(S(=O)(=O)N2CCN(C=O)CC2)c1. The molecule has 0 atom stereocenters. The maximum absolute atomic E-state index is 12.7. The average molecular weight is 353 g/mol. The number of hydrogen-bond acceptors (Lipinski definition) is 4. The lowest BCUT2D eigenvalue weighted by molar-refractivity contribution is -0.119. The van der Waals surface area contributed by atoms with E-state index < -0.39 is 10.0 Å². The lowest BCUT2D eigenvalue weighted by Crippen LogP contribution is -2.48. The summed E-state index contributed by atoms with van der Waals surface area (Å²) in [5.74, 6) is 0.0292. The van der Waals surface area contributed by atoms with E-state index in [4.69, 9.17) is 0 Å². The van der Waals surface area contributed by atoms with Crippen LogP contribution in [0.2, 0.25) is 0 Å². The minimum atomic E-state index is -3.67. The third kappa shape index (κ3) is 4.33.